The standard InChI is InChI=1S/C16H18N2O2/c1-18(11-12-7-9-14(19)10-8-12)16(20)15(17)13-5-3-2-4-6-13/h2-10,15,19H,11,17H2,1H3/t15-/m1/s1. The van der Waals surface area contributed by atoms with E-state index < -0.39 is 6.04 Å². The molecule has 0 bridgehead atoms. The molecule has 0 aliphatic heterocycles. The van der Waals surface area contributed by atoms with Gasteiger partial charge in [-0.15, -0.1) is 0 Å². The van der Waals surface area contributed by atoms with Crippen LogP contribution in [0.3, 0.4) is 0 Å². The number of aromatic hydroxyl groups is 1. The van der Waals surface area contributed by atoms with E-state index in [1.807, 2.05) is 30.3 Å². The molecular weight excluding hydrogens is 252 g/mol. The first-order valence-electron chi connectivity index (χ1n) is 6.41. The average Bonchev–Trinajstić information content (AvgIpc) is 2.49. The molecule has 0 spiro atoms. The fourth-order valence-corrected chi connectivity index (χ4v) is 1.99. The lowest BCUT2D eigenvalue weighted by Crippen LogP contribution is -2.35. The van der Waals surface area contributed by atoms with Crippen LogP contribution in [0.1, 0.15) is 17.2 Å². The maximum absolute atomic E-state index is 12.3. The largest absolute Gasteiger partial charge is 0.508 e. The number of carbonyl (C=O) groups is 1. The Hall–Kier alpha value is -2.33. The number of hydrogen-bond acceptors (Lipinski definition) is 3. The molecule has 1 amide bonds. The van der Waals surface area contributed by atoms with Gasteiger partial charge in [0.05, 0.1) is 0 Å². The van der Waals surface area contributed by atoms with Crippen molar-refractivity contribution in [1.29, 1.82) is 0 Å². The van der Waals surface area contributed by atoms with Crippen LogP contribution < -0.4 is 5.73 Å². The van der Waals surface area contributed by atoms with Crippen LogP contribution in [-0.2, 0) is 11.3 Å². The van der Waals surface area contributed by atoms with Gasteiger partial charge in [-0.1, -0.05) is 42.5 Å². The molecule has 0 fully saturated rings. The second kappa shape index (κ2) is 6.21. The molecule has 4 nitrogen and oxygen atoms in total. The van der Waals surface area contributed by atoms with Gasteiger partial charge in [0, 0.05) is 13.6 Å². The number of amides is 1. The van der Waals surface area contributed by atoms with Crippen molar-refractivity contribution in [2.75, 3.05) is 7.05 Å². The van der Waals surface area contributed by atoms with Crippen LogP contribution in [0.5, 0.6) is 5.75 Å². The first-order chi connectivity index (χ1) is 9.58. The van der Waals surface area contributed by atoms with Gasteiger partial charge in [-0.25, -0.2) is 0 Å². The lowest BCUT2D eigenvalue weighted by molar-refractivity contribution is -0.131. The second-order valence-corrected chi connectivity index (χ2v) is 4.75. The number of carbonyl (C=O) groups excluding carboxylic acids is 1. The monoisotopic (exact) mass is 270 g/mol. The van der Waals surface area contributed by atoms with E-state index >= 15 is 0 Å². The summed E-state index contributed by atoms with van der Waals surface area (Å²) in [6.07, 6.45) is 0. The molecule has 0 unspecified atom stereocenters. The molecule has 1 atom stereocenters. The molecule has 2 aromatic carbocycles. The maximum atomic E-state index is 12.3. The van der Waals surface area contributed by atoms with Crippen molar-refractivity contribution >= 4 is 5.91 Å². The highest BCUT2D eigenvalue weighted by Gasteiger charge is 2.19. The molecule has 0 aliphatic rings. The third kappa shape index (κ3) is 3.36. The molecule has 0 radical (unpaired) electrons. The molecule has 0 aliphatic carbocycles. The Kier molecular flexibility index (Phi) is 4.38. The summed E-state index contributed by atoms with van der Waals surface area (Å²) in [4.78, 5) is 13.9. The van der Waals surface area contributed by atoms with Crippen LogP contribution in [0.4, 0.5) is 0 Å². The van der Waals surface area contributed by atoms with E-state index in [9.17, 15) is 9.90 Å². The molecule has 0 saturated carbocycles. The van der Waals surface area contributed by atoms with Crippen molar-refractivity contribution in [3.8, 4) is 5.75 Å². The van der Waals surface area contributed by atoms with Crippen molar-refractivity contribution in [3.63, 3.8) is 0 Å². The fraction of sp³-hybridized carbons (Fsp3) is 0.188. The van der Waals surface area contributed by atoms with Crippen LogP contribution in [0.15, 0.2) is 54.6 Å². The van der Waals surface area contributed by atoms with Gasteiger partial charge in [-0.3, -0.25) is 4.79 Å². The summed E-state index contributed by atoms with van der Waals surface area (Å²) < 4.78 is 0. The van der Waals surface area contributed by atoms with Gasteiger partial charge in [0.2, 0.25) is 5.91 Å². The summed E-state index contributed by atoms with van der Waals surface area (Å²) in [7, 11) is 1.72. The average molecular weight is 270 g/mol. The zero-order valence-electron chi connectivity index (χ0n) is 11.4. The fourth-order valence-electron chi connectivity index (χ4n) is 1.99. The predicted octanol–water partition coefficient (Wildman–Crippen LogP) is 2.05. The molecular formula is C16H18N2O2. The highest BCUT2D eigenvalue weighted by Crippen LogP contribution is 2.15. The lowest BCUT2D eigenvalue weighted by Gasteiger charge is -2.21. The highest BCUT2D eigenvalue weighted by molar-refractivity contribution is 5.82. The van der Waals surface area contributed by atoms with Crippen LogP contribution >= 0.6 is 0 Å². The van der Waals surface area contributed by atoms with Gasteiger partial charge >= 0.3 is 0 Å². The SMILES string of the molecule is CN(Cc1ccc(O)cc1)C(=O)[C@H](N)c1ccccc1. The van der Waals surface area contributed by atoms with E-state index in [2.05, 4.69) is 0 Å². The van der Waals surface area contributed by atoms with Crippen LogP contribution in [0.2, 0.25) is 0 Å². The van der Waals surface area contributed by atoms with Gasteiger partial charge in [-0.2, -0.15) is 0 Å². The van der Waals surface area contributed by atoms with E-state index in [1.54, 1.807) is 36.2 Å². The maximum Gasteiger partial charge on any atom is 0.244 e. The van der Waals surface area contributed by atoms with E-state index in [-0.39, 0.29) is 11.7 Å². The lowest BCUT2D eigenvalue weighted by atomic mass is 10.1. The third-order valence-electron chi connectivity index (χ3n) is 3.16. The van der Waals surface area contributed by atoms with Crippen molar-refractivity contribution in [1.82, 2.24) is 4.90 Å². The van der Waals surface area contributed by atoms with Gasteiger partial charge in [0.1, 0.15) is 11.8 Å². The van der Waals surface area contributed by atoms with Crippen LogP contribution in [0.25, 0.3) is 0 Å². The van der Waals surface area contributed by atoms with Crippen molar-refractivity contribution in [2.45, 2.75) is 12.6 Å². The summed E-state index contributed by atoms with van der Waals surface area (Å²) in [6, 6.07) is 15.4. The van der Waals surface area contributed by atoms with Crippen molar-refractivity contribution in [3.05, 3.63) is 65.7 Å². The summed E-state index contributed by atoms with van der Waals surface area (Å²) in [6.45, 7) is 0.458. The Morgan fingerprint density at radius 1 is 1.15 bits per heavy atom. The Morgan fingerprint density at radius 3 is 2.35 bits per heavy atom. The summed E-state index contributed by atoms with van der Waals surface area (Å²) in [5.74, 6) is 0.0768. The van der Waals surface area contributed by atoms with E-state index in [1.165, 1.54) is 0 Å². The van der Waals surface area contributed by atoms with Crippen LogP contribution in [0, 0.1) is 0 Å². The van der Waals surface area contributed by atoms with E-state index in [4.69, 9.17) is 5.73 Å². The number of rotatable bonds is 4. The summed E-state index contributed by atoms with van der Waals surface area (Å²) in [5.41, 5.74) is 7.73. The van der Waals surface area contributed by atoms with Crippen molar-refractivity contribution < 1.29 is 9.90 Å². The molecule has 4 heteroatoms. The van der Waals surface area contributed by atoms with Gasteiger partial charge in [0.25, 0.3) is 0 Å². The first kappa shape index (κ1) is 14.1. The number of nitrogens with two attached hydrogens (primary N) is 1. The third-order valence-corrected chi connectivity index (χ3v) is 3.16. The predicted molar refractivity (Wildman–Crippen MR) is 78.0 cm³/mol. The number of phenolic OH excluding ortho intramolecular Hbond substituents is 1. The topological polar surface area (TPSA) is 66.6 Å². The van der Waals surface area contributed by atoms with Crippen molar-refractivity contribution in [2.24, 2.45) is 5.73 Å². The van der Waals surface area contributed by atoms with E-state index in [0.29, 0.717) is 6.54 Å². The minimum atomic E-state index is -0.654. The Morgan fingerprint density at radius 2 is 1.75 bits per heavy atom. The summed E-state index contributed by atoms with van der Waals surface area (Å²) in [5, 5.41) is 9.24. The quantitative estimate of drug-likeness (QED) is 0.893. The number of hydrogen-bond donors (Lipinski definition) is 2. The minimum Gasteiger partial charge on any atom is -0.508 e. The molecule has 2 aromatic rings. The first-order valence-corrected chi connectivity index (χ1v) is 6.41. The Labute approximate surface area is 118 Å². The molecule has 104 valence electrons. The molecule has 0 aromatic heterocycles. The molecule has 20 heavy (non-hydrogen) atoms. The number of benzene rings is 2. The second-order valence-electron chi connectivity index (χ2n) is 4.75. The van der Waals surface area contributed by atoms with Gasteiger partial charge < -0.3 is 15.7 Å². The van der Waals surface area contributed by atoms with Crippen LogP contribution in [-0.4, -0.2) is 23.0 Å². The number of phenols is 1. The minimum absolute atomic E-state index is 0.135. The zero-order chi connectivity index (χ0) is 14.5. The van der Waals surface area contributed by atoms with E-state index in [0.717, 1.165) is 11.1 Å². The zero-order valence-corrected chi connectivity index (χ0v) is 11.4. The Balaban J connectivity index is 2.03. The summed E-state index contributed by atoms with van der Waals surface area (Å²) >= 11 is 0. The molecule has 3 N–H and O–H groups in total. The molecule has 0 saturated heterocycles. The van der Waals surface area contributed by atoms with Gasteiger partial charge in [0.15, 0.2) is 0 Å². The number of nitrogens with zero attached hydrogens (tertiary/aromatic N) is 1. The normalized spacial score (nSPS) is 11.9. The number of likely N-dealkylation sites (N-methyl/N-ethyl adjacent to an activating group) is 1. The Bertz CT molecular complexity index is 567. The molecule has 0 heterocycles. The molecule has 2 rings (SSSR count). The smallest absolute Gasteiger partial charge is 0.244 e. The highest BCUT2D eigenvalue weighted by atomic mass is 16.3. The van der Waals surface area contributed by atoms with Gasteiger partial charge in [-0.05, 0) is 23.3 Å².